The normalized spacial score (nSPS) is 11.4. The fraction of sp³-hybridized carbons (Fsp3) is 0.227. The maximum atomic E-state index is 12.7. The van der Waals surface area contributed by atoms with Crippen LogP contribution in [0.2, 0.25) is 0 Å². The highest BCUT2D eigenvalue weighted by Gasteiger charge is 2.28. The van der Waals surface area contributed by atoms with Gasteiger partial charge in [-0.3, -0.25) is 9.36 Å². The van der Waals surface area contributed by atoms with Crippen molar-refractivity contribution in [1.29, 1.82) is 5.26 Å². The number of nitrogens with zero attached hydrogens (tertiary/aromatic N) is 2. The molecule has 0 aliphatic rings. The third kappa shape index (κ3) is 4.36. The number of nitrogens with one attached hydrogen (secondary N) is 1. The van der Waals surface area contributed by atoms with E-state index in [2.05, 4.69) is 5.32 Å². The molecule has 0 radical (unpaired) electrons. The van der Waals surface area contributed by atoms with Gasteiger partial charge in [0.25, 0.3) is 5.91 Å². The monoisotopic (exact) mass is 407 g/mol. The van der Waals surface area contributed by atoms with E-state index in [1.54, 1.807) is 55.3 Å². The number of amides is 1. The van der Waals surface area contributed by atoms with Gasteiger partial charge < -0.3 is 19.2 Å². The van der Waals surface area contributed by atoms with Gasteiger partial charge in [0.15, 0.2) is 6.10 Å². The van der Waals surface area contributed by atoms with Crippen LogP contribution in [0.4, 0.5) is 0 Å². The van der Waals surface area contributed by atoms with Gasteiger partial charge in [0, 0.05) is 18.9 Å². The van der Waals surface area contributed by atoms with Gasteiger partial charge in [0.05, 0.1) is 7.11 Å². The van der Waals surface area contributed by atoms with E-state index in [0.717, 1.165) is 11.3 Å². The maximum Gasteiger partial charge on any atom is 0.343 e. The lowest BCUT2D eigenvalue weighted by atomic mass is 10.1. The summed E-state index contributed by atoms with van der Waals surface area (Å²) < 4.78 is 17.6. The van der Waals surface area contributed by atoms with Crippen LogP contribution in [0.25, 0.3) is 5.88 Å². The van der Waals surface area contributed by atoms with Crippen molar-refractivity contribution < 1.29 is 23.5 Å². The Bertz CT molecular complexity index is 1080. The first-order chi connectivity index (χ1) is 14.4. The number of rotatable bonds is 7. The number of hydrogen-bond acceptors (Lipinski definition) is 6. The Balaban J connectivity index is 1.66. The molecule has 1 aromatic carbocycles. The van der Waals surface area contributed by atoms with Crippen LogP contribution in [0.5, 0.6) is 5.75 Å². The zero-order chi connectivity index (χ0) is 21.7. The Morgan fingerprint density at radius 2 is 1.90 bits per heavy atom. The van der Waals surface area contributed by atoms with Crippen molar-refractivity contribution >= 4 is 11.9 Å². The lowest BCUT2D eigenvalue weighted by molar-refractivity contribution is -0.129. The summed E-state index contributed by atoms with van der Waals surface area (Å²) in [6.45, 7) is 3.31. The number of esters is 1. The summed E-state index contributed by atoms with van der Waals surface area (Å²) >= 11 is 0. The van der Waals surface area contributed by atoms with Crippen molar-refractivity contribution in [2.75, 3.05) is 7.11 Å². The van der Waals surface area contributed by atoms with Crippen LogP contribution < -0.4 is 10.1 Å². The molecule has 30 heavy (non-hydrogen) atoms. The zero-order valence-corrected chi connectivity index (χ0v) is 16.8. The van der Waals surface area contributed by atoms with Crippen molar-refractivity contribution in [2.24, 2.45) is 0 Å². The predicted octanol–water partition coefficient (Wildman–Crippen LogP) is 3.12. The Labute approximate surface area is 173 Å². The summed E-state index contributed by atoms with van der Waals surface area (Å²) in [5.41, 5.74) is 0.937. The van der Waals surface area contributed by atoms with Crippen LogP contribution in [0, 0.1) is 18.3 Å². The second-order valence-electron chi connectivity index (χ2n) is 6.53. The fourth-order valence-electron chi connectivity index (χ4n) is 2.88. The molecule has 1 atom stereocenters. The molecular weight excluding hydrogens is 386 g/mol. The molecule has 8 heteroatoms. The minimum Gasteiger partial charge on any atom is -0.497 e. The molecule has 0 unspecified atom stereocenters. The summed E-state index contributed by atoms with van der Waals surface area (Å²) in [6.07, 6.45) is 2.35. The highest BCUT2D eigenvalue weighted by atomic mass is 16.5. The summed E-state index contributed by atoms with van der Waals surface area (Å²) in [5, 5.41) is 12.2. The predicted molar refractivity (Wildman–Crippen MR) is 107 cm³/mol. The number of aryl methyl sites for hydroxylation is 1. The van der Waals surface area contributed by atoms with E-state index in [-0.39, 0.29) is 29.3 Å². The standard InChI is InChI=1S/C22H21N3O5/c1-14-19(18(12-23)21(29-14)25-10-4-5-11-25)22(27)30-15(2)20(26)24-13-16-6-8-17(28-3)9-7-16/h4-11,15H,13H2,1-3H3,(H,24,26)/t15-/m1/s1. The molecular formula is C22H21N3O5. The van der Waals surface area contributed by atoms with Gasteiger partial charge in [-0.1, -0.05) is 12.1 Å². The van der Waals surface area contributed by atoms with Gasteiger partial charge >= 0.3 is 5.97 Å². The van der Waals surface area contributed by atoms with E-state index in [1.807, 2.05) is 18.2 Å². The fourth-order valence-corrected chi connectivity index (χ4v) is 2.88. The summed E-state index contributed by atoms with van der Waals surface area (Å²) in [4.78, 5) is 25.0. The number of hydrogen-bond donors (Lipinski definition) is 1. The van der Waals surface area contributed by atoms with E-state index in [0.29, 0.717) is 0 Å². The van der Waals surface area contributed by atoms with E-state index in [9.17, 15) is 14.9 Å². The van der Waals surface area contributed by atoms with Crippen molar-refractivity contribution in [3.05, 3.63) is 71.2 Å². The van der Waals surface area contributed by atoms with Gasteiger partial charge in [0.1, 0.15) is 28.7 Å². The summed E-state index contributed by atoms with van der Waals surface area (Å²) in [7, 11) is 1.58. The van der Waals surface area contributed by atoms with Crippen molar-refractivity contribution in [1.82, 2.24) is 9.88 Å². The van der Waals surface area contributed by atoms with E-state index < -0.39 is 18.0 Å². The molecule has 3 aromatic rings. The van der Waals surface area contributed by atoms with Crippen LogP contribution >= 0.6 is 0 Å². The van der Waals surface area contributed by atoms with Crippen LogP contribution in [-0.4, -0.2) is 29.7 Å². The number of methoxy groups -OCH3 is 1. The third-order valence-corrected chi connectivity index (χ3v) is 4.50. The molecule has 0 saturated heterocycles. The average molecular weight is 407 g/mol. The first-order valence-corrected chi connectivity index (χ1v) is 9.23. The number of carbonyl (C=O) groups excluding carboxylic acids is 2. The minimum absolute atomic E-state index is 0.0102. The van der Waals surface area contributed by atoms with Crippen LogP contribution in [0.15, 0.2) is 53.2 Å². The summed E-state index contributed by atoms with van der Waals surface area (Å²) in [6, 6.07) is 12.8. The Kier molecular flexibility index (Phi) is 6.23. The average Bonchev–Trinajstić information content (AvgIpc) is 3.39. The molecule has 0 aliphatic heterocycles. The molecule has 154 valence electrons. The number of ether oxygens (including phenoxy) is 2. The maximum absolute atomic E-state index is 12.7. The van der Waals surface area contributed by atoms with Crippen molar-refractivity contribution in [2.45, 2.75) is 26.5 Å². The molecule has 2 aromatic heterocycles. The van der Waals surface area contributed by atoms with Crippen molar-refractivity contribution in [3.8, 4) is 17.7 Å². The molecule has 1 amide bonds. The second kappa shape index (κ2) is 9.01. The molecule has 0 bridgehead atoms. The molecule has 0 saturated carbocycles. The van der Waals surface area contributed by atoms with Crippen LogP contribution in [0.1, 0.15) is 34.2 Å². The largest absolute Gasteiger partial charge is 0.497 e. The number of aromatic nitrogens is 1. The minimum atomic E-state index is -1.05. The smallest absolute Gasteiger partial charge is 0.343 e. The van der Waals surface area contributed by atoms with E-state index >= 15 is 0 Å². The molecule has 3 rings (SSSR count). The number of nitriles is 1. The molecule has 2 heterocycles. The number of benzene rings is 1. The van der Waals surface area contributed by atoms with Gasteiger partial charge in [-0.15, -0.1) is 0 Å². The Hall–Kier alpha value is -3.99. The Morgan fingerprint density at radius 3 is 2.50 bits per heavy atom. The lowest BCUT2D eigenvalue weighted by Gasteiger charge is -2.13. The highest BCUT2D eigenvalue weighted by molar-refractivity contribution is 5.96. The first kappa shape index (κ1) is 20.7. The topological polar surface area (TPSA) is 106 Å². The molecule has 8 nitrogen and oxygen atoms in total. The van der Waals surface area contributed by atoms with Gasteiger partial charge in [-0.25, -0.2) is 4.79 Å². The third-order valence-electron chi connectivity index (χ3n) is 4.50. The van der Waals surface area contributed by atoms with Crippen LogP contribution in [0.3, 0.4) is 0 Å². The SMILES string of the molecule is COc1ccc(CNC(=O)[C@@H](C)OC(=O)c2c(C)oc(-n3cccc3)c2C#N)cc1. The number of furan rings is 1. The van der Waals surface area contributed by atoms with E-state index in [1.165, 1.54) is 6.92 Å². The highest BCUT2D eigenvalue weighted by Crippen LogP contribution is 2.26. The van der Waals surface area contributed by atoms with Crippen LogP contribution in [-0.2, 0) is 16.1 Å². The quantitative estimate of drug-likeness (QED) is 0.603. The van der Waals surface area contributed by atoms with E-state index in [4.69, 9.17) is 13.9 Å². The van der Waals surface area contributed by atoms with Gasteiger partial charge in [0.2, 0.25) is 5.88 Å². The van der Waals surface area contributed by atoms with Gasteiger partial charge in [-0.05, 0) is 43.7 Å². The van der Waals surface area contributed by atoms with Gasteiger partial charge in [-0.2, -0.15) is 5.26 Å². The zero-order valence-electron chi connectivity index (χ0n) is 16.8. The second-order valence-corrected chi connectivity index (χ2v) is 6.53. The molecule has 0 fully saturated rings. The van der Waals surface area contributed by atoms with Crippen molar-refractivity contribution in [3.63, 3.8) is 0 Å². The lowest BCUT2D eigenvalue weighted by Crippen LogP contribution is -2.35. The Morgan fingerprint density at radius 1 is 1.23 bits per heavy atom. The molecule has 0 spiro atoms. The summed E-state index contributed by atoms with van der Waals surface area (Å²) in [5.74, 6) is -0.0622. The first-order valence-electron chi connectivity index (χ1n) is 9.23. The molecule has 1 N–H and O–H groups in total. The number of carbonyl (C=O) groups is 2. The molecule has 0 aliphatic carbocycles.